The predicted octanol–water partition coefficient (Wildman–Crippen LogP) is 2.61. The Kier molecular flexibility index (Phi) is 5.69. The molecule has 1 amide bonds. The molecule has 0 spiro atoms. The van der Waals surface area contributed by atoms with Crippen molar-refractivity contribution in [3.05, 3.63) is 59.7 Å². The molecule has 0 bridgehead atoms. The maximum absolute atomic E-state index is 12.1. The maximum atomic E-state index is 12.1. The van der Waals surface area contributed by atoms with Crippen LogP contribution < -0.4 is 5.32 Å². The molecule has 2 N–H and O–H groups in total. The molecule has 0 unspecified atom stereocenters. The molecule has 0 heterocycles. The molecular weight excluding hydrogens is 278 g/mol. The van der Waals surface area contributed by atoms with Gasteiger partial charge in [0.2, 0.25) is 0 Å². The van der Waals surface area contributed by atoms with Crippen LogP contribution in [0.3, 0.4) is 0 Å². The number of aliphatic hydroxyl groups is 1. The summed E-state index contributed by atoms with van der Waals surface area (Å²) in [5.41, 5.74) is 3.51. The highest BCUT2D eigenvalue weighted by atomic mass is 16.5. The molecule has 2 aromatic rings. The standard InChI is InChI=1S/C18H21NO3/c1-13(12-22-2)19-18(21)16-8-6-15(7-9-16)17-5-3-4-14(10-17)11-20/h3-10,13,20H,11-12H2,1-2H3,(H,19,21)/t13-/m0/s1. The highest BCUT2D eigenvalue weighted by Gasteiger charge is 2.09. The van der Waals surface area contributed by atoms with Crippen molar-refractivity contribution in [2.45, 2.75) is 19.6 Å². The van der Waals surface area contributed by atoms with Crippen molar-refractivity contribution < 1.29 is 14.6 Å². The summed E-state index contributed by atoms with van der Waals surface area (Å²) in [5.74, 6) is -0.111. The second-order valence-corrected chi connectivity index (χ2v) is 5.27. The highest BCUT2D eigenvalue weighted by molar-refractivity contribution is 5.94. The Bertz CT molecular complexity index is 622. The van der Waals surface area contributed by atoms with E-state index in [0.29, 0.717) is 12.2 Å². The summed E-state index contributed by atoms with van der Waals surface area (Å²) >= 11 is 0. The Balaban J connectivity index is 2.11. The zero-order chi connectivity index (χ0) is 15.9. The molecule has 2 rings (SSSR count). The lowest BCUT2D eigenvalue weighted by Gasteiger charge is -2.13. The van der Waals surface area contributed by atoms with Gasteiger partial charge in [-0.3, -0.25) is 4.79 Å². The Morgan fingerprint density at radius 2 is 1.91 bits per heavy atom. The lowest BCUT2D eigenvalue weighted by molar-refractivity contribution is 0.0905. The van der Waals surface area contributed by atoms with E-state index in [1.807, 2.05) is 43.3 Å². The summed E-state index contributed by atoms with van der Waals surface area (Å²) in [5, 5.41) is 12.1. The molecule has 116 valence electrons. The van der Waals surface area contributed by atoms with Crippen molar-refractivity contribution in [1.82, 2.24) is 5.32 Å². The van der Waals surface area contributed by atoms with E-state index in [0.717, 1.165) is 16.7 Å². The third-order valence-electron chi connectivity index (χ3n) is 3.38. The fraction of sp³-hybridized carbons (Fsp3) is 0.278. The average Bonchev–Trinajstić information content (AvgIpc) is 2.55. The molecule has 0 aromatic heterocycles. The number of carbonyl (C=O) groups excluding carboxylic acids is 1. The van der Waals surface area contributed by atoms with Crippen LogP contribution >= 0.6 is 0 Å². The van der Waals surface area contributed by atoms with Gasteiger partial charge in [0.1, 0.15) is 0 Å². The number of aliphatic hydroxyl groups excluding tert-OH is 1. The monoisotopic (exact) mass is 299 g/mol. The first-order valence-electron chi connectivity index (χ1n) is 7.24. The summed E-state index contributed by atoms with van der Waals surface area (Å²) < 4.78 is 5.00. The molecule has 0 saturated carbocycles. The van der Waals surface area contributed by atoms with Crippen molar-refractivity contribution >= 4 is 5.91 Å². The molecule has 0 aliphatic rings. The molecule has 4 nitrogen and oxygen atoms in total. The number of benzene rings is 2. The van der Waals surface area contributed by atoms with E-state index in [1.54, 1.807) is 19.2 Å². The first-order valence-corrected chi connectivity index (χ1v) is 7.24. The van der Waals surface area contributed by atoms with Crippen LogP contribution in [0.4, 0.5) is 0 Å². The van der Waals surface area contributed by atoms with Crippen LogP contribution in [0.5, 0.6) is 0 Å². The van der Waals surface area contributed by atoms with Gasteiger partial charge in [0.05, 0.1) is 13.2 Å². The van der Waals surface area contributed by atoms with E-state index < -0.39 is 0 Å². The van der Waals surface area contributed by atoms with Gasteiger partial charge < -0.3 is 15.2 Å². The molecule has 4 heteroatoms. The predicted molar refractivity (Wildman–Crippen MR) is 86.6 cm³/mol. The summed E-state index contributed by atoms with van der Waals surface area (Å²) in [6, 6.07) is 15.1. The largest absolute Gasteiger partial charge is 0.392 e. The highest BCUT2D eigenvalue weighted by Crippen LogP contribution is 2.21. The third kappa shape index (κ3) is 4.16. The van der Waals surface area contributed by atoms with Gasteiger partial charge in [0, 0.05) is 18.7 Å². The lowest BCUT2D eigenvalue weighted by atomic mass is 10.0. The van der Waals surface area contributed by atoms with E-state index in [-0.39, 0.29) is 18.6 Å². The Morgan fingerprint density at radius 1 is 1.18 bits per heavy atom. The fourth-order valence-corrected chi connectivity index (χ4v) is 2.26. The number of hydrogen-bond donors (Lipinski definition) is 2. The fourth-order valence-electron chi connectivity index (χ4n) is 2.26. The van der Waals surface area contributed by atoms with Gasteiger partial charge in [0.15, 0.2) is 0 Å². The zero-order valence-electron chi connectivity index (χ0n) is 12.9. The van der Waals surface area contributed by atoms with Gasteiger partial charge in [-0.1, -0.05) is 30.3 Å². The van der Waals surface area contributed by atoms with Crippen LogP contribution in [0.1, 0.15) is 22.8 Å². The third-order valence-corrected chi connectivity index (χ3v) is 3.38. The first-order chi connectivity index (χ1) is 10.6. The molecular formula is C18H21NO3. The van der Waals surface area contributed by atoms with Gasteiger partial charge in [-0.15, -0.1) is 0 Å². The normalized spacial score (nSPS) is 12.0. The summed E-state index contributed by atoms with van der Waals surface area (Å²) in [4.78, 5) is 12.1. The second kappa shape index (κ2) is 7.73. The van der Waals surface area contributed by atoms with Crippen LogP contribution in [0.2, 0.25) is 0 Å². The molecule has 0 radical (unpaired) electrons. The second-order valence-electron chi connectivity index (χ2n) is 5.27. The first kappa shape index (κ1) is 16.2. The van der Waals surface area contributed by atoms with Crippen molar-refractivity contribution in [1.29, 1.82) is 0 Å². The van der Waals surface area contributed by atoms with Crippen LogP contribution in [0, 0.1) is 0 Å². The molecule has 0 aliphatic heterocycles. The van der Waals surface area contributed by atoms with E-state index in [1.165, 1.54) is 0 Å². The zero-order valence-corrected chi connectivity index (χ0v) is 12.9. The molecule has 0 fully saturated rings. The van der Waals surface area contributed by atoms with Crippen molar-refractivity contribution in [3.8, 4) is 11.1 Å². The SMILES string of the molecule is COC[C@H](C)NC(=O)c1ccc(-c2cccc(CO)c2)cc1. The molecule has 1 atom stereocenters. The number of carbonyl (C=O) groups is 1. The van der Waals surface area contributed by atoms with Crippen LogP contribution in [0.25, 0.3) is 11.1 Å². The smallest absolute Gasteiger partial charge is 0.251 e. The van der Waals surface area contributed by atoms with Crippen molar-refractivity contribution in [2.24, 2.45) is 0 Å². The minimum Gasteiger partial charge on any atom is -0.392 e. The summed E-state index contributed by atoms with van der Waals surface area (Å²) in [6.07, 6.45) is 0. The molecule has 2 aromatic carbocycles. The van der Waals surface area contributed by atoms with Gasteiger partial charge in [0.25, 0.3) is 5.91 Å². The van der Waals surface area contributed by atoms with Crippen LogP contribution in [0.15, 0.2) is 48.5 Å². The van der Waals surface area contributed by atoms with E-state index in [2.05, 4.69) is 5.32 Å². The minimum atomic E-state index is -0.111. The maximum Gasteiger partial charge on any atom is 0.251 e. The number of methoxy groups -OCH3 is 1. The number of rotatable bonds is 6. The van der Waals surface area contributed by atoms with Gasteiger partial charge >= 0.3 is 0 Å². The quantitative estimate of drug-likeness (QED) is 0.862. The lowest BCUT2D eigenvalue weighted by Crippen LogP contribution is -2.35. The number of amides is 1. The Labute approximate surface area is 130 Å². The van der Waals surface area contributed by atoms with Gasteiger partial charge in [-0.2, -0.15) is 0 Å². The minimum absolute atomic E-state index is 0.0196. The van der Waals surface area contributed by atoms with E-state index >= 15 is 0 Å². The number of nitrogens with one attached hydrogen (secondary N) is 1. The topological polar surface area (TPSA) is 58.6 Å². The summed E-state index contributed by atoms with van der Waals surface area (Å²) in [7, 11) is 1.61. The Hall–Kier alpha value is -2.17. The summed E-state index contributed by atoms with van der Waals surface area (Å²) in [6.45, 7) is 2.40. The van der Waals surface area contributed by atoms with Gasteiger partial charge in [-0.25, -0.2) is 0 Å². The average molecular weight is 299 g/mol. The van der Waals surface area contributed by atoms with Gasteiger partial charge in [-0.05, 0) is 41.8 Å². The molecule has 0 saturated heterocycles. The number of ether oxygens (including phenoxy) is 1. The van der Waals surface area contributed by atoms with Crippen molar-refractivity contribution in [3.63, 3.8) is 0 Å². The Morgan fingerprint density at radius 3 is 2.55 bits per heavy atom. The van der Waals surface area contributed by atoms with Crippen molar-refractivity contribution in [2.75, 3.05) is 13.7 Å². The van der Waals surface area contributed by atoms with Crippen LogP contribution in [-0.4, -0.2) is 30.8 Å². The van der Waals surface area contributed by atoms with E-state index in [4.69, 9.17) is 4.74 Å². The van der Waals surface area contributed by atoms with Crippen LogP contribution in [-0.2, 0) is 11.3 Å². The number of hydrogen-bond acceptors (Lipinski definition) is 3. The van der Waals surface area contributed by atoms with E-state index in [9.17, 15) is 9.90 Å². The molecule has 22 heavy (non-hydrogen) atoms. The molecule has 0 aliphatic carbocycles.